The van der Waals surface area contributed by atoms with Gasteiger partial charge in [0.25, 0.3) is 0 Å². The molecule has 0 bridgehead atoms. The molecule has 0 amide bonds. The van der Waals surface area contributed by atoms with Crippen LogP contribution in [0.5, 0.6) is 0 Å². The number of nitriles is 1. The van der Waals surface area contributed by atoms with E-state index in [-0.39, 0.29) is 11.3 Å². The van der Waals surface area contributed by atoms with Crippen molar-refractivity contribution in [2.24, 2.45) is 0 Å². The summed E-state index contributed by atoms with van der Waals surface area (Å²) in [6, 6.07) is 3.49. The van der Waals surface area contributed by atoms with Crippen molar-refractivity contribution in [1.82, 2.24) is 0 Å². The molecule has 1 heterocycles. The molecular formula is C12H10F4N2. The van der Waals surface area contributed by atoms with E-state index in [4.69, 9.17) is 5.26 Å². The molecule has 2 nitrogen and oxygen atoms in total. The number of alkyl halides is 3. The van der Waals surface area contributed by atoms with Crippen molar-refractivity contribution in [1.29, 1.82) is 5.26 Å². The first-order chi connectivity index (χ1) is 8.45. The molecule has 1 aliphatic rings. The SMILES string of the molecule is N#Cc1ccc(F)c(C(F)(F)F)c1N1CCCC1. The summed E-state index contributed by atoms with van der Waals surface area (Å²) >= 11 is 0. The molecule has 1 saturated heterocycles. The number of nitrogens with zero attached hydrogens (tertiary/aromatic N) is 2. The van der Waals surface area contributed by atoms with Crippen LogP contribution in [-0.4, -0.2) is 13.1 Å². The van der Waals surface area contributed by atoms with E-state index >= 15 is 0 Å². The van der Waals surface area contributed by atoms with Gasteiger partial charge in [-0.25, -0.2) is 4.39 Å². The first-order valence-corrected chi connectivity index (χ1v) is 5.50. The van der Waals surface area contributed by atoms with E-state index in [0.29, 0.717) is 19.2 Å². The molecule has 18 heavy (non-hydrogen) atoms. The van der Waals surface area contributed by atoms with Crippen molar-refractivity contribution in [3.63, 3.8) is 0 Å². The lowest BCUT2D eigenvalue weighted by Crippen LogP contribution is -2.24. The summed E-state index contributed by atoms with van der Waals surface area (Å²) in [5, 5.41) is 8.89. The Kier molecular flexibility index (Phi) is 3.16. The maximum absolute atomic E-state index is 13.5. The third-order valence-electron chi connectivity index (χ3n) is 2.95. The standard InChI is InChI=1S/C12H10F4N2/c13-9-4-3-8(7-17)11(10(9)12(14,15)16)18-5-1-2-6-18/h3-4H,1-2,5-6H2. The molecule has 0 aromatic heterocycles. The van der Waals surface area contributed by atoms with Gasteiger partial charge in [0.05, 0.1) is 11.3 Å². The van der Waals surface area contributed by atoms with E-state index in [9.17, 15) is 17.6 Å². The van der Waals surface area contributed by atoms with E-state index < -0.39 is 17.6 Å². The van der Waals surface area contributed by atoms with Gasteiger partial charge in [0.2, 0.25) is 0 Å². The summed E-state index contributed by atoms with van der Waals surface area (Å²) in [6.45, 7) is 0.836. The van der Waals surface area contributed by atoms with Crippen LogP contribution in [0.25, 0.3) is 0 Å². The third-order valence-corrected chi connectivity index (χ3v) is 2.95. The van der Waals surface area contributed by atoms with Crippen molar-refractivity contribution >= 4 is 5.69 Å². The van der Waals surface area contributed by atoms with Crippen molar-refractivity contribution in [3.05, 3.63) is 29.1 Å². The number of benzene rings is 1. The van der Waals surface area contributed by atoms with Crippen molar-refractivity contribution in [3.8, 4) is 6.07 Å². The van der Waals surface area contributed by atoms with Crippen LogP contribution in [0.1, 0.15) is 24.0 Å². The summed E-state index contributed by atoms with van der Waals surface area (Å²) in [5.41, 5.74) is -1.78. The average molecular weight is 258 g/mol. The van der Waals surface area contributed by atoms with Crippen molar-refractivity contribution in [2.45, 2.75) is 19.0 Å². The van der Waals surface area contributed by atoms with Gasteiger partial charge in [-0.2, -0.15) is 18.4 Å². The molecule has 0 aliphatic carbocycles. The maximum Gasteiger partial charge on any atom is 0.421 e. The van der Waals surface area contributed by atoms with Gasteiger partial charge in [0.1, 0.15) is 17.4 Å². The third kappa shape index (κ3) is 2.13. The molecular weight excluding hydrogens is 248 g/mol. The maximum atomic E-state index is 13.5. The van der Waals surface area contributed by atoms with Crippen LogP contribution in [0.2, 0.25) is 0 Å². The smallest absolute Gasteiger partial charge is 0.370 e. The highest BCUT2D eigenvalue weighted by Crippen LogP contribution is 2.41. The van der Waals surface area contributed by atoms with Crippen LogP contribution in [0, 0.1) is 17.1 Å². The van der Waals surface area contributed by atoms with E-state index in [1.165, 1.54) is 4.90 Å². The summed E-state index contributed by atoms with van der Waals surface area (Å²) in [6.07, 6.45) is -3.30. The lowest BCUT2D eigenvalue weighted by Gasteiger charge is -2.24. The van der Waals surface area contributed by atoms with Gasteiger partial charge in [0.15, 0.2) is 0 Å². The first kappa shape index (κ1) is 12.7. The molecule has 6 heteroatoms. The summed E-state index contributed by atoms with van der Waals surface area (Å²) in [7, 11) is 0. The topological polar surface area (TPSA) is 27.0 Å². The quantitative estimate of drug-likeness (QED) is 0.722. The van der Waals surface area contributed by atoms with Crippen molar-refractivity contribution < 1.29 is 17.6 Å². The van der Waals surface area contributed by atoms with Crippen LogP contribution in [-0.2, 0) is 6.18 Å². The van der Waals surface area contributed by atoms with Crippen LogP contribution in [0.3, 0.4) is 0 Å². The molecule has 0 N–H and O–H groups in total. The van der Waals surface area contributed by atoms with E-state index in [2.05, 4.69) is 0 Å². The fourth-order valence-electron chi connectivity index (χ4n) is 2.20. The zero-order valence-electron chi connectivity index (χ0n) is 9.39. The van der Waals surface area contributed by atoms with Crippen LogP contribution in [0.15, 0.2) is 12.1 Å². The fraction of sp³-hybridized carbons (Fsp3) is 0.417. The van der Waals surface area contributed by atoms with Gasteiger partial charge in [-0.05, 0) is 25.0 Å². The molecule has 96 valence electrons. The monoisotopic (exact) mass is 258 g/mol. The zero-order chi connectivity index (χ0) is 13.3. The minimum atomic E-state index is -4.80. The molecule has 1 fully saturated rings. The van der Waals surface area contributed by atoms with Gasteiger partial charge in [-0.15, -0.1) is 0 Å². The Morgan fingerprint density at radius 3 is 2.28 bits per heavy atom. The highest BCUT2D eigenvalue weighted by atomic mass is 19.4. The highest BCUT2D eigenvalue weighted by Gasteiger charge is 2.40. The van der Waals surface area contributed by atoms with E-state index in [0.717, 1.165) is 18.9 Å². The lowest BCUT2D eigenvalue weighted by molar-refractivity contribution is -0.139. The van der Waals surface area contributed by atoms with Gasteiger partial charge in [-0.1, -0.05) is 0 Å². The second kappa shape index (κ2) is 4.48. The Hall–Kier alpha value is -1.77. The van der Waals surface area contributed by atoms with Crippen LogP contribution >= 0.6 is 0 Å². The average Bonchev–Trinajstić information content (AvgIpc) is 2.80. The first-order valence-electron chi connectivity index (χ1n) is 5.50. The number of halogens is 4. The van der Waals surface area contributed by atoms with E-state index in [1.807, 2.05) is 0 Å². The zero-order valence-corrected chi connectivity index (χ0v) is 9.39. The van der Waals surface area contributed by atoms with E-state index in [1.54, 1.807) is 6.07 Å². The number of anilines is 1. The Bertz CT molecular complexity index is 496. The van der Waals surface area contributed by atoms with Crippen LogP contribution in [0.4, 0.5) is 23.2 Å². The molecule has 0 unspecified atom stereocenters. The largest absolute Gasteiger partial charge is 0.421 e. The highest BCUT2D eigenvalue weighted by molar-refractivity contribution is 5.66. The van der Waals surface area contributed by atoms with Crippen LogP contribution < -0.4 is 4.90 Å². The number of rotatable bonds is 1. The molecule has 2 rings (SSSR count). The predicted molar refractivity (Wildman–Crippen MR) is 57.6 cm³/mol. The molecule has 0 saturated carbocycles. The lowest BCUT2D eigenvalue weighted by atomic mass is 10.1. The Morgan fingerprint density at radius 1 is 1.17 bits per heavy atom. The predicted octanol–water partition coefficient (Wildman–Crippen LogP) is 3.32. The molecule has 0 spiro atoms. The normalized spacial score (nSPS) is 15.8. The molecule has 0 atom stereocenters. The number of hydrogen-bond donors (Lipinski definition) is 0. The minimum absolute atomic E-state index is 0.134. The fourth-order valence-corrected chi connectivity index (χ4v) is 2.20. The van der Waals surface area contributed by atoms with Crippen molar-refractivity contribution in [2.75, 3.05) is 18.0 Å². The molecule has 1 aromatic carbocycles. The number of hydrogen-bond acceptors (Lipinski definition) is 2. The molecule has 0 radical (unpaired) electrons. The van der Waals surface area contributed by atoms with Gasteiger partial charge < -0.3 is 4.90 Å². The van der Waals surface area contributed by atoms with Gasteiger partial charge in [-0.3, -0.25) is 0 Å². The molecule has 1 aliphatic heterocycles. The Morgan fingerprint density at radius 2 is 1.78 bits per heavy atom. The van der Waals surface area contributed by atoms with Gasteiger partial charge >= 0.3 is 6.18 Å². The second-order valence-corrected chi connectivity index (χ2v) is 4.12. The summed E-state index contributed by atoms with van der Waals surface area (Å²) < 4.78 is 52.2. The summed E-state index contributed by atoms with van der Waals surface area (Å²) in [5.74, 6) is -1.33. The minimum Gasteiger partial charge on any atom is -0.370 e. The Labute approximate surface area is 101 Å². The Balaban J connectivity index is 2.66. The summed E-state index contributed by atoms with van der Waals surface area (Å²) in [4.78, 5) is 1.43. The molecule has 1 aromatic rings. The second-order valence-electron chi connectivity index (χ2n) is 4.12. The van der Waals surface area contributed by atoms with Gasteiger partial charge in [0, 0.05) is 13.1 Å².